The lowest BCUT2D eigenvalue weighted by Crippen LogP contribution is -2.36. The van der Waals surface area contributed by atoms with Crippen LogP contribution < -0.4 is 16.0 Å². The molecule has 144 valence electrons. The number of carbonyl (C=O) groups is 2. The van der Waals surface area contributed by atoms with Gasteiger partial charge in [-0.2, -0.15) is 0 Å². The average Bonchev–Trinajstić information content (AvgIpc) is 3.23. The van der Waals surface area contributed by atoms with E-state index >= 15 is 0 Å². The third kappa shape index (κ3) is 5.47. The normalized spacial score (nSPS) is 11.5. The Hall–Kier alpha value is -3.06. The van der Waals surface area contributed by atoms with Crippen LogP contribution in [0.15, 0.2) is 75.8 Å². The molecule has 28 heavy (non-hydrogen) atoms. The number of halogens is 1. The summed E-state index contributed by atoms with van der Waals surface area (Å²) in [6.07, 6.45) is 1.45. The molecule has 1 heterocycles. The van der Waals surface area contributed by atoms with Crippen LogP contribution in [0.2, 0.25) is 0 Å². The molecule has 0 unspecified atom stereocenters. The number of hydrogen-bond acceptors (Lipinski definition) is 3. The second-order valence-electron chi connectivity index (χ2n) is 6.23. The Labute approximate surface area is 171 Å². The standard InChI is InChI=1S/C21H20BrN3O3/c1-14(16-6-8-17(22)9-7-16)24-21(27)23-13-15-4-10-18(11-5-15)25-20(26)19-3-2-12-28-19/h2-12,14H,13H2,1H3,(H,25,26)(H2,23,24,27)/t14-/m1/s1. The Morgan fingerprint density at radius 2 is 1.75 bits per heavy atom. The van der Waals surface area contributed by atoms with Crippen molar-refractivity contribution in [2.24, 2.45) is 0 Å². The van der Waals surface area contributed by atoms with Crippen LogP contribution in [0.4, 0.5) is 10.5 Å². The second-order valence-corrected chi connectivity index (χ2v) is 7.14. The van der Waals surface area contributed by atoms with Crippen molar-refractivity contribution in [3.63, 3.8) is 0 Å². The van der Waals surface area contributed by atoms with Crippen molar-refractivity contribution < 1.29 is 14.0 Å². The van der Waals surface area contributed by atoms with Gasteiger partial charge in [0.25, 0.3) is 5.91 Å². The highest BCUT2D eigenvalue weighted by atomic mass is 79.9. The number of rotatable bonds is 6. The van der Waals surface area contributed by atoms with Crippen molar-refractivity contribution in [2.75, 3.05) is 5.32 Å². The molecule has 3 rings (SSSR count). The largest absolute Gasteiger partial charge is 0.459 e. The van der Waals surface area contributed by atoms with E-state index < -0.39 is 0 Å². The molecular formula is C21H20BrN3O3. The number of amides is 3. The van der Waals surface area contributed by atoms with Gasteiger partial charge in [-0.05, 0) is 54.4 Å². The van der Waals surface area contributed by atoms with Crippen molar-refractivity contribution >= 4 is 33.6 Å². The maximum atomic E-state index is 12.1. The molecule has 1 atom stereocenters. The van der Waals surface area contributed by atoms with E-state index in [4.69, 9.17) is 4.42 Å². The molecule has 0 aliphatic rings. The molecule has 6 nitrogen and oxygen atoms in total. The lowest BCUT2D eigenvalue weighted by atomic mass is 10.1. The van der Waals surface area contributed by atoms with Crippen LogP contribution in [0.25, 0.3) is 0 Å². The molecule has 0 aliphatic carbocycles. The van der Waals surface area contributed by atoms with E-state index in [1.807, 2.05) is 43.3 Å². The Morgan fingerprint density at radius 1 is 1.04 bits per heavy atom. The van der Waals surface area contributed by atoms with E-state index in [0.29, 0.717) is 12.2 Å². The van der Waals surface area contributed by atoms with Gasteiger partial charge in [0.05, 0.1) is 12.3 Å². The van der Waals surface area contributed by atoms with Crippen molar-refractivity contribution in [3.05, 3.63) is 88.3 Å². The topological polar surface area (TPSA) is 83.4 Å². The fraction of sp³-hybridized carbons (Fsp3) is 0.143. The Bertz CT molecular complexity index is 923. The maximum Gasteiger partial charge on any atom is 0.315 e. The molecule has 1 aromatic heterocycles. The first-order valence-corrected chi connectivity index (χ1v) is 9.54. The van der Waals surface area contributed by atoms with E-state index in [1.54, 1.807) is 24.3 Å². The van der Waals surface area contributed by atoms with Crippen LogP contribution in [0.3, 0.4) is 0 Å². The molecule has 0 fully saturated rings. The van der Waals surface area contributed by atoms with Crippen LogP contribution in [0, 0.1) is 0 Å². The smallest absolute Gasteiger partial charge is 0.315 e. The van der Waals surface area contributed by atoms with Crippen LogP contribution in [0.1, 0.15) is 34.6 Å². The highest BCUT2D eigenvalue weighted by Gasteiger charge is 2.10. The molecule has 2 aromatic carbocycles. The number of anilines is 1. The number of nitrogens with one attached hydrogen (secondary N) is 3. The first-order valence-electron chi connectivity index (χ1n) is 8.75. The van der Waals surface area contributed by atoms with E-state index in [-0.39, 0.29) is 23.7 Å². The van der Waals surface area contributed by atoms with E-state index in [0.717, 1.165) is 15.6 Å². The van der Waals surface area contributed by atoms with Gasteiger partial charge in [-0.3, -0.25) is 4.79 Å². The van der Waals surface area contributed by atoms with E-state index in [2.05, 4.69) is 31.9 Å². The molecule has 3 aromatic rings. The van der Waals surface area contributed by atoms with Crippen molar-refractivity contribution in [1.29, 1.82) is 0 Å². The van der Waals surface area contributed by atoms with E-state index in [1.165, 1.54) is 6.26 Å². The lowest BCUT2D eigenvalue weighted by Gasteiger charge is -2.15. The second kappa shape index (κ2) is 9.23. The zero-order valence-corrected chi connectivity index (χ0v) is 16.8. The molecule has 0 saturated heterocycles. The summed E-state index contributed by atoms with van der Waals surface area (Å²) in [5.41, 5.74) is 2.59. The van der Waals surface area contributed by atoms with Gasteiger partial charge in [0.15, 0.2) is 5.76 Å². The van der Waals surface area contributed by atoms with E-state index in [9.17, 15) is 9.59 Å². The predicted molar refractivity (Wildman–Crippen MR) is 111 cm³/mol. The molecule has 3 amide bonds. The number of urea groups is 1. The van der Waals surface area contributed by atoms with Crippen LogP contribution in [-0.2, 0) is 6.54 Å². The van der Waals surface area contributed by atoms with Gasteiger partial charge in [0.1, 0.15) is 0 Å². The summed E-state index contributed by atoms with van der Waals surface area (Å²) in [7, 11) is 0. The maximum absolute atomic E-state index is 12.1. The Balaban J connectivity index is 1.47. The summed E-state index contributed by atoms with van der Waals surface area (Å²) in [6, 6.07) is 18.0. The SMILES string of the molecule is C[C@@H](NC(=O)NCc1ccc(NC(=O)c2ccco2)cc1)c1ccc(Br)cc1. The molecule has 0 bridgehead atoms. The summed E-state index contributed by atoms with van der Waals surface area (Å²) in [4.78, 5) is 24.1. The number of benzene rings is 2. The van der Waals surface area contributed by atoms with Crippen LogP contribution in [0.5, 0.6) is 0 Å². The molecule has 3 N–H and O–H groups in total. The molecule has 0 aliphatic heterocycles. The Kier molecular flexibility index (Phi) is 6.49. The number of hydrogen-bond donors (Lipinski definition) is 3. The summed E-state index contributed by atoms with van der Waals surface area (Å²) in [6.45, 7) is 2.31. The zero-order valence-electron chi connectivity index (χ0n) is 15.2. The first-order chi connectivity index (χ1) is 13.5. The van der Waals surface area contributed by atoms with Crippen molar-refractivity contribution in [2.45, 2.75) is 19.5 Å². The average molecular weight is 442 g/mol. The first kappa shape index (κ1) is 19.7. The van der Waals surface area contributed by atoms with Gasteiger partial charge in [-0.25, -0.2) is 4.79 Å². The molecule has 7 heteroatoms. The quantitative estimate of drug-likeness (QED) is 0.510. The third-order valence-corrected chi connectivity index (χ3v) is 4.66. The summed E-state index contributed by atoms with van der Waals surface area (Å²) in [5.74, 6) is -0.0560. The molecule has 0 radical (unpaired) electrons. The fourth-order valence-electron chi connectivity index (χ4n) is 2.57. The third-order valence-electron chi connectivity index (χ3n) is 4.13. The highest BCUT2D eigenvalue weighted by molar-refractivity contribution is 9.10. The minimum atomic E-state index is -0.308. The van der Waals surface area contributed by atoms with Crippen LogP contribution in [-0.4, -0.2) is 11.9 Å². The van der Waals surface area contributed by atoms with Crippen molar-refractivity contribution in [1.82, 2.24) is 10.6 Å². The summed E-state index contributed by atoms with van der Waals surface area (Å²) < 4.78 is 6.05. The highest BCUT2D eigenvalue weighted by Crippen LogP contribution is 2.16. The fourth-order valence-corrected chi connectivity index (χ4v) is 2.84. The van der Waals surface area contributed by atoms with Crippen molar-refractivity contribution in [3.8, 4) is 0 Å². The minimum Gasteiger partial charge on any atom is -0.459 e. The Morgan fingerprint density at radius 3 is 2.39 bits per heavy atom. The van der Waals surface area contributed by atoms with Gasteiger partial charge < -0.3 is 20.4 Å². The molecule has 0 saturated carbocycles. The lowest BCUT2D eigenvalue weighted by molar-refractivity contribution is 0.0996. The van der Waals surface area contributed by atoms with Gasteiger partial charge >= 0.3 is 6.03 Å². The molecular weight excluding hydrogens is 422 g/mol. The van der Waals surface area contributed by atoms with Crippen LogP contribution >= 0.6 is 15.9 Å². The molecule has 0 spiro atoms. The predicted octanol–water partition coefficient (Wildman–Crippen LogP) is 4.85. The minimum absolute atomic E-state index is 0.104. The monoisotopic (exact) mass is 441 g/mol. The van der Waals surface area contributed by atoms with Gasteiger partial charge in [-0.15, -0.1) is 0 Å². The van der Waals surface area contributed by atoms with Gasteiger partial charge in [0.2, 0.25) is 0 Å². The number of furan rings is 1. The number of carbonyl (C=O) groups excluding carboxylic acids is 2. The van der Waals surface area contributed by atoms with Gasteiger partial charge in [-0.1, -0.05) is 40.2 Å². The van der Waals surface area contributed by atoms with Gasteiger partial charge in [0, 0.05) is 16.7 Å². The summed E-state index contributed by atoms with van der Waals surface area (Å²) >= 11 is 3.40. The summed E-state index contributed by atoms with van der Waals surface area (Å²) in [5, 5.41) is 8.49. The zero-order chi connectivity index (χ0) is 19.9.